The summed E-state index contributed by atoms with van der Waals surface area (Å²) >= 11 is 1.57. The molecule has 0 bridgehead atoms. The highest BCUT2D eigenvalue weighted by atomic mass is 32.2. The Morgan fingerprint density at radius 3 is 3.40 bits per heavy atom. The third-order valence-electron chi connectivity index (χ3n) is 1.30. The van der Waals surface area contributed by atoms with E-state index in [2.05, 4.69) is 10.1 Å². The number of aromatic nitrogens is 3. The van der Waals surface area contributed by atoms with Crippen LogP contribution in [0.4, 0.5) is 0 Å². The zero-order chi connectivity index (χ0) is 6.97. The molecule has 2 heterocycles. The summed E-state index contributed by atoms with van der Waals surface area (Å²) in [5, 5.41) is 4.49. The SMILES string of the molecule is O=C1CCSc2ncnn21. The molecular formula is C5H5N3OS. The van der Waals surface area contributed by atoms with Crippen molar-refractivity contribution >= 4 is 17.7 Å². The van der Waals surface area contributed by atoms with Gasteiger partial charge in [-0.25, -0.2) is 4.98 Å². The van der Waals surface area contributed by atoms with Gasteiger partial charge in [-0.1, -0.05) is 11.8 Å². The van der Waals surface area contributed by atoms with E-state index in [4.69, 9.17) is 0 Å². The zero-order valence-electron chi connectivity index (χ0n) is 5.15. The first kappa shape index (κ1) is 5.91. The molecule has 0 fully saturated rings. The molecule has 0 aliphatic carbocycles. The van der Waals surface area contributed by atoms with E-state index >= 15 is 0 Å². The van der Waals surface area contributed by atoms with E-state index in [-0.39, 0.29) is 5.91 Å². The third-order valence-corrected chi connectivity index (χ3v) is 2.24. The van der Waals surface area contributed by atoms with E-state index < -0.39 is 0 Å². The number of hydrogen-bond acceptors (Lipinski definition) is 4. The van der Waals surface area contributed by atoms with E-state index in [9.17, 15) is 4.79 Å². The predicted octanol–water partition coefficient (Wildman–Crippen LogP) is 0.414. The number of hydrogen-bond donors (Lipinski definition) is 0. The highest BCUT2D eigenvalue weighted by molar-refractivity contribution is 7.99. The second-order valence-corrected chi connectivity index (χ2v) is 3.01. The Labute approximate surface area is 61.6 Å². The number of nitrogens with zero attached hydrogens (tertiary/aromatic N) is 3. The first-order chi connectivity index (χ1) is 4.88. The van der Waals surface area contributed by atoms with Crippen molar-refractivity contribution in [3.05, 3.63) is 6.33 Å². The monoisotopic (exact) mass is 155 g/mol. The van der Waals surface area contributed by atoms with E-state index in [0.29, 0.717) is 6.42 Å². The lowest BCUT2D eigenvalue weighted by molar-refractivity contribution is 0.0878. The minimum absolute atomic E-state index is 0.0475. The Morgan fingerprint density at radius 2 is 2.60 bits per heavy atom. The number of rotatable bonds is 0. The summed E-state index contributed by atoms with van der Waals surface area (Å²) in [4.78, 5) is 14.9. The van der Waals surface area contributed by atoms with Gasteiger partial charge in [0.05, 0.1) is 0 Å². The molecule has 1 aromatic heterocycles. The predicted molar refractivity (Wildman–Crippen MR) is 36.0 cm³/mol. The molecule has 0 radical (unpaired) electrons. The molecule has 1 aliphatic rings. The van der Waals surface area contributed by atoms with E-state index in [1.807, 2.05) is 0 Å². The van der Waals surface area contributed by atoms with Crippen LogP contribution in [0.5, 0.6) is 0 Å². The highest BCUT2D eigenvalue weighted by Gasteiger charge is 2.17. The molecule has 10 heavy (non-hydrogen) atoms. The molecule has 0 amide bonds. The fourth-order valence-electron chi connectivity index (χ4n) is 0.836. The van der Waals surface area contributed by atoms with Gasteiger partial charge in [0.1, 0.15) is 6.33 Å². The number of carbonyl (C=O) groups excluding carboxylic acids is 1. The van der Waals surface area contributed by atoms with Gasteiger partial charge >= 0.3 is 0 Å². The molecule has 0 saturated heterocycles. The largest absolute Gasteiger partial charge is 0.272 e. The van der Waals surface area contributed by atoms with Crippen LogP contribution in [0.15, 0.2) is 11.5 Å². The second-order valence-electron chi connectivity index (χ2n) is 1.95. The fourth-order valence-corrected chi connectivity index (χ4v) is 1.69. The van der Waals surface area contributed by atoms with Crippen LogP contribution in [-0.2, 0) is 0 Å². The lowest BCUT2D eigenvalue weighted by Gasteiger charge is -2.07. The maximum Gasteiger partial charge on any atom is 0.250 e. The van der Waals surface area contributed by atoms with Crippen molar-refractivity contribution < 1.29 is 4.79 Å². The van der Waals surface area contributed by atoms with Crippen LogP contribution in [0, 0.1) is 0 Å². The van der Waals surface area contributed by atoms with Crippen molar-refractivity contribution in [3.8, 4) is 0 Å². The van der Waals surface area contributed by atoms with Crippen LogP contribution in [0.1, 0.15) is 11.2 Å². The van der Waals surface area contributed by atoms with Gasteiger partial charge in [-0.3, -0.25) is 4.79 Å². The average molecular weight is 155 g/mol. The summed E-state index contributed by atoms with van der Waals surface area (Å²) in [6, 6.07) is 0. The van der Waals surface area contributed by atoms with Gasteiger partial charge in [-0.05, 0) is 0 Å². The molecular weight excluding hydrogens is 150 g/mol. The molecule has 2 rings (SSSR count). The Bertz CT molecular complexity index is 270. The van der Waals surface area contributed by atoms with Crippen molar-refractivity contribution in [2.24, 2.45) is 0 Å². The molecule has 0 saturated carbocycles. The van der Waals surface area contributed by atoms with Gasteiger partial charge in [0.15, 0.2) is 5.16 Å². The van der Waals surface area contributed by atoms with Crippen LogP contribution in [0.25, 0.3) is 0 Å². The average Bonchev–Trinajstić information content (AvgIpc) is 2.36. The molecule has 5 heteroatoms. The van der Waals surface area contributed by atoms with Gasteiger partial charge in [0.2, 0.25) is 5.91 Å². The number of carbonyl (C=O) groups is 1. The topological polar surface area (TPSA) is 47.8 Å². The van der Waals surface area contributed by atoms with Crippen LogP contribution >= 0.6 is 11.8 Å². The standard InChI is InChI=1S/C5H5N3OS/c9-4-1-2-10-5-6-3-7-8(4)5/h3H,1-2H2. The second kappa shape index (κ2) is 2.09. The Kier molecular flexibility index (Phi) is 1.23. The molecule has 52 valence electrons. The zero-order valence-corrected chi connectivity index (χ0v) is 5.97. The van der Waals surface area contributed by atoms with Crippen LogP contribution in [-0.4, -0.2) is 26.4 Å². The van der Waals surface area contributed by atoms with Crippen LogP contribution < -0.4 is 0 Å². The minimum Gasteiger partial charge on any atom is -0.272 e. The Balaban J connectivity index is 2.50. The first-order valence-corrected chi connectivity index (χ1v) is 3.92. The lowest BCUT2D eigenvalue weighted by Crippen LogP contribution is -2.18. The summed E-state index contributed by atoms with van der Waals surface area (Å²) in [6.07, 6.45) is 1.98. The van der Waals surface area contributed by atoms with Crippen molar-refractivity contribution in [2.45, 2.75) is 11.6 Å². The van der Waals surface area contributed by atoms with Crippen LogP contribution in [0.2, 0.25) is 0 Å². The van der Waals surface area contributed by atoms with Gasteiger partial charge in [0.25, 0.3) is 0 Å². The normalized spacial score (nSPS) is 17.0. The van der Waals surface area contributed by atoms with Crippen molar-refractivity contribution in [3.63, 3.8) is 0 Å². The quantitative estimate of drug-likeness (QED) is 0.544. The highest BCUT2D eigenvalue weighted by Crippen LogP contribution is 2.20. The van der Waals surface area contributed by atoms with Crippen LogP contribution in [0.3, 0.4) is 0 Å². The summed E-state index contributed by atoms with van der Waals surface area (Å²) in [6.45, 7) is 0. The van der Waals surface area contributed by atoms with E-state index in [0.717, 1.165) is 10.9 Å². The van der Waals surface area contributed by atoms with Gasteiger partial charge in [-0.2, -0.15) is 9.78 Å². The molecule has 0 N–H and O–H groups in total. The molecule has 0 unspecified atom stereocenters. The summed E-state index contributed by atoms with van der Waals surface area (Å²) in [5.74, 6) is 0.878. The number of thioether (sulfide) groups is 1. The Morgan fingerprint density at radius 1 is 1.70 bits per heavy atom. The molecule has 4 nitrogen and oxygen atoms in total. The lowest BCUT2D eigenvalue weighted by atomic mass is 10.4. The third kappa shape index (κ3) is 0.740. The number of fused-ring (bicyclic) bond motifs is 1. The van der Waals surface area contributed by atoms with Crippen molar-refractivity contribution in [1.82, 2.24) is 14.8 Å². The summed E-state index contributed by atoms with van der Waals surface area (Å²) in [5.41, 5.74) is 0. The van der Waals surface area contributed by atoms with Crippen molar-refractivity contribution in [1.29, 1.82) is 0 Å². The minimum atomic E-state index is 0.0475. The van der Waals surface area contributed by atoms with Gasteiger partial charge in [-0.15, -0.1) is 0 Å². The maximum atomic E-state index is 11.0. The van der Waals surface area contributed by atoms with Gasteiger partial charge < -0.3 is 0 Å². The van der Waals surface area contributed by atoms with Gasteiger partial charge in [0, 0.05) is 12.2 Å². The Hall–Kier alpha value is -0.840. The summed E-state index contributed by atoms with van der Waals surface area (Å²) in [7, 11) is 0. The smallest absolute Gasteiger partial charge is 0.250 e. The van der Waals surface area contributed by atoms with Crippen molar-refractivity contribution in [2.75, 3.05) is 5.75 Å². The summed E-state index contributed by atoms with van der Waals surface area (Å²) < 4.78 is 1.36. The molecule has 0 aromatic carbocycles. The molecule has 0 atom stereocenters. The fraction of sp³-hybridized carbons (Fsp3) is 0.400. The maximum absolute atomic E-state index is 11.0. The van der Waals surface area contributed by atoms with E-state index in [1.54, 1.807) is 11.8 Å². The molecule has 1 aliphatic heterocycles. The first-order valence-electron chi connectivity index (χ1n) is 2.94. The molecule has 0 spiro atoms. The molecule has 1 aromatic rings. The van der Waals surface area contributed by atoms with E-state index in [1.165, 1.54) is 11.0 Å².